The van der Waals surface area contributed by atoms with E-state index in [0.717, 1.165) is 0 Å². The molecule has 1 aromatic rings. The van der Waals surface area contributed by atoms with Crippen LogP contribution in [-0.2, 0) is 0 Å². The molecule has 1 aromatic carbocycles. The van der Waals surface area contributed by atoms with E-state index in [-0.39, 0.29) is 24.0 Å². The van der Waals surface area contributed by atoms with E-state index < -0.39 is 0 Å². The van der Waals surface area contributed by atoms with Crippen LogP contribution in [0.25, 0.3) is 0 Å². The highest BCUT2D eigenvalue weighted by molar-refractivity contribution is 5.42. The monoisotopic (exact) mass is 317 g/mol. The van der Waals surface area contributed by atoms with Crippen molar-refractivity contribution >= 4 is 5.69 Å². The number of quaternary nitrogens is 1. The molecule has 1 fully saturated rings. The van der Waals surface area contributed by atoms with Gasteiger partial charge in [-0.2, -0.15) is 0 Å². The van der Waals surface area contributed by atoms with Gasteiger partial charge in [-0.05, 0) is 38.3 Å². The molecule has 1 nitrogen and oxygen atoms in total. The second-order valence-electron chi connectivity index (χ2n) is 4.30. The normalized spacial score (nSPS) is 19.3. The number of rotatable bonds is 2. The molecule has 0 aromatic heterocycles. The maximum atomic E-state index is 2.32. The van der Waals surface area contributed by atoms with E-state index in [1.165, 1.54) is 49.1 Å². The summed E-state index contributed by atoms with van der Waals surface area (Å²) in [6.45, 7) is 6.23. The van der Waals surface area contributed by atoms with E-state index in [4.69, 9.17) is 0 Å². The van der Waals surface area contributed by atoms with Gasteiger partial charge in [-0.25, -0.2) is 0 Å². The van der Waals surface area contributed by atoms with E-state index in [2.05, 4.69) is 37.3 Å². The van der Waals surface area contributed by atoms with Crippen LogP contribution in [0.4, 0.5) is 5.69 Å². The second-order valence-corrected chi connectivity index (χ2v) is 4.30. The Labute approximate surface area is 110 Å². The summed E-state index contributed by atoms with van der Waals surface area (Å²) in [5.74, 6) is 0. The van der Waals surface area contributed by atoms with Crippen molar-refractivity contribution in [3.63, 3.8) is 0 Å². The number of para-hydroxylation sites is 1. The van der Waals surface area contributed by atoms with E-state index in [1.54, 1.807) is 0 Å². The van der Waals surface area contributed by atoms with Crippen molar-refractivity contribution in [1.29, 1.82) is 0 Å². The molecule has 1 aliphatic rings. The topological polar surface area (TPSA) is 0 Å². The first kappa shape index (κ1) is 13.0. The molecular formula is C13H20IN. The summed E-state index contributed by atoms with van der Waals surface area (Å²) >= 11 is 0. The minimum Gasteiger partial charge on any atom is -1.00 e. The first-order valence-electron chi connectivity index (χ1n) is 5.79. The lowest BCUT2D eigenvalue weighted by atomic mass is 10.1. The molecular weight excluding hydrogens is 297 g/mol. The minimum atomic E-state index is 0. The van der Waals surface area contributed by atoms with Gasteiger partial charge in [-0.3, -0.25) is 4.48 Å². The Morgan fingerprint density at radius 3 is 2.13 bits per heavy atom. The molecule has 0 bridgehead atoms. The number of likely N-dealkylation sites (tertiary alicyclic amines) is 1. The number of nitrogens with zero attached hydrogens (tertiary/aromatic N) is 1. The van der Waals surface area contributed by atoms with E-state index in [0.29, 0.717) is 0 Å². The Hall–Kier alpha value is -0.0900. The van der Waals surface area contributed by atoms with Gasteiger partial charge in [0.1, 0.15) is 5.69 Å². The average molecular weight is 317 g/mol. The van der Waals surface area contributed by atoms with Gasteiger partial charge in [-0.1, -0.05) is 18.2 Å². The fourth-order valence-corrected chi connectivity index (χ4v) is 2.62. The van der Waals surface area contributed by atoms with Crippen molar-refractivity contribution in [2.24, 2.45) is 0 Å². The molecule has 0 spiro atoms. The Kier molecular flexibility index (Phi) is 5.06. The highest BCUT2D eigenvalue weighted by Crippen LogP contribution is 2.27. The first-order valence-corrected chi connectivity index (χ1v) is 5.79. The predicted octanol–water partition coefficient (Wildman–Crippen LogP) is 0.202. The number of hydrogen-bond donors (Lipinski definition) is 0. The summed E-state index contributed by atoms with van der Waals surface area (Å²) in [5.41, 5.74) is 1.51. The third-order valence-corrected chi connectivity index (χ3v) is 3.58. The summed E-state index contributed by atoms with van der Waals surface area (Å²) in [5, 5.41) is 0. The molecule has 1 heterocycles. The highest BCUT2D eigenvalue weighted by atomic mass is 127. The molecule has 1 aliphatic heterocycles. The van der Waals surface area contributed by atoms with Gasteiger partial charge in [0.15, 0.2) is 0 Å². The third-order valence-electron chi connectivity index (χ3n) is 3.58. The summed E-state index contributed by atoms with van der Waals surface area (Å²) in [7, 11) is 0. The van der Waals surface area contributed by atoms with Crippen LogP contribution < -0.4 is 28.5 Å². The van der Waals surface area contributed by atoms with Crippen molar-refractivity contribution in [2.75, 3.05) is 19.6 Å². The summed E-state index contributed by atoms with van der Waals surface area (Å²) in [6, 6.07) is 11.0. The molecule has 0 radical (unpaired) electrons. The largest absolute Gasteiger partial charge is 1.00 e. The van der Waals surface area contributed by atoms with Crippen molar-refractivity contribution < 1.29 is 24.0 Å². The third kappa shape index (κ3) is 2.72. The standard InChI is InChI=1S/C13H20N.HI/c1-2-14(11-7-4-8-12-14)13-9-5-3-6-10-13;/h3,5-6,9-10H,2,4,7-8,11-12H2,1H3;1H/q+1;/p-1. The van der Waals surface area contributed by atoms with Crippen molar-refractivity contribution in [2.45, 2.75) is 26.2 Å². The zero-order chi connectivity index (χ0) is 9.86. The van der Waals surface area contributed by atoms with Crippen LogP contribution in [0.2, 0.25) is 0 Å². The maximum Gasteiger partial charge on any atom is 0.132 e. The van der Waals surface area contributed by atoms with Gasteiger partial charge in [-0.15, -0.1) is 0 Å². The Morgan fingerprint density at radius 1 is 1.00 bits per heavy atom. The molecule has 0 unspecified atom stereocenters. The molecule has 2 heteroatoms. The fraction of sp³-hybridized carbons (Fsp3) is 0.538. The smallest absolute Gasteiger partial charge is 0.132 e. The number of benzene rings is 1. The minimum absolute atomic E-state index is 0. The molecule has 0 amide bonds. The summed E-state index contributed by atoms with van der Waals surface area (Å²) in [4.78, 5) is 0. The van der Waals surface area contributed by atoms with Crippen LogP contribution in [0.3, 0.4) is 0 Å². The first-order chi connectivity index (χ1) is 6.87. The molecule has 0 saturated carbocycles. The van der Waals surface area contributed by atoms with Crippen molar-refractivity contribution in [3.8, 4) is 0 Å². The zero-order valence-electron chi connectivity index (χ0n) is 9.45. The second kappa shape index (κ2) is 5.85. The molecule has 15 heavy (non-hydrogen) atoms. The van der Waals surface area contributed by atoms with Crippen LogP contribution >= 0.6 is 0 Å². The number of piperidine rings is 1. The SMILES string of the molecule is CC[N+]1(c2ccccc2)CCCCC1.[I-]. The van der Waals surface area contributed by atoms with Crippen LogP contribution in [0.5, 0.6) is 0 Å². The lowest BCUT2D eigenvalue weighted by Crippen LogP contribution is -3.00. The molecule has 0 atom stereocenters. The molecule has 1 saturated heterocycles. The maximum absolute atomic E-state index is 2.32. The number of halogens is 1. The lowest BCUT2D eigenvalue weighted by Gasteiger charge is -2.40. The van der Waals surface area contributed by atoms with Crippen LogP contribution in [0.1, 0.15) is 26.2 Å². The van der Waals surface area contributed by atoms with E-state index in [1.807, 2.05) is 0 Å². The fourth-order valence-electron chi connectivity index (χ4n) is 2.62. The highest BCUT2D eigenvalue weighted by Gasteiger charge is 2.29. The van der Waals surface area contributed by atoms with E-state index in [9.17, 15) is 0 Å². The van der Waals surface area contributed by atoms with Crippen molar-refractivity contribution in [1.82, 2.24) is 4.48 Å². The van der Waals surface area contributed by atoms with Gasteiger partial charge in [0.05, 0.1) is 19.6 Å². The van der Waals surface area contributed by atoms with Gasteiger partial charge < -0.3 is 24.0 Å². The van der Waals surface area contributed by atoms with Crippen LogP contribution in [0.15, 0.2) is 30.3 Å². The van der Waals surface area contributed by atoms with Crippen LogP contribution in [-0.4, -0.2) is 19.6 Å². The molecule has 0 N–H and O–H groups in total. The van der Waals surface area contributed by atoms with Gasteiger partial charge >= 0.3 is 0 Å². The lowest BCUT2D eigenvalue weighted by molar-refractivity contribution is -0.00000294. The quantitative estimate of drug-likeness (QED) is 0.540. The Morgan fingerprint density at radius 2 is 1.60 bits per heavy atom. The Balaban J connectivity index is 0.00000112. The van der Waals surface area contributed by atoms with Gasteiger partial charge in [0.25, 0.3) is 0 Å². The molecule has 84 valence electrons. The zero-order valence-corrected chi connectivity index (χ0v) is 11.6. The summed E-state index contributed by atoms with van der Waals surface area (Å²) in [6.07, 6.45) is 4.21. The Bertz CT molecular complexity index is 278. The molecule has 2 rings (SSSR count). The summed E-state index contributed by atoms with van der Waals surface area (Å²) < 4.78 is 1.21. The average Bonchev–Trinajstić information content (AvgIpc) is 2.31. The van der Waals surface area contributed by atoms with E-state index >= 15 is 0 Å². The predicted molar refractivity (Wildman–Crippen MR) is 62.4 cm³/mol. The van der Waals surface area contributed by atoms with Crippen LogP contribution in [0, 0.1) is 0 Å². The van der Waals surface area contributed by atoms with Gasteiger partial charge in [0, 0.05) is 0 Å². The van der Waals surface area contributed by atoms with Crippen molar-refractivity contribution in [3.05, 3.63) is 30.3 Å². The number of hydrogen-bond acceptors (Lipinski definition) is 0. The molecule has 0 aliphatic carbocycles. The van der Waals surface area contributed by atoms with Gasteiger partial charge in [0.2, 0.25) is 0 Å².